The first-order valence-electron chi connectivity index (χ1n) is 7.24. The summed E-state index contributed by atoms with van der Waals surface area (Å²) in [7, 11) is -3.60. The largest absolute Gasteiger partial charge is 0.398 e. The van der Waals surface area contributed by atoms with Gasteiger partial charge in [0, 0.05) is 24.2 Å². The Morgan fingerprint density at radius 1 is 1.33 bits per heavy atom. The van der Waals surface area contributed by atoms with Gasteiger partial charge in [0.2, 0.25) is 10.0 Å². The Morgan fingerprint density at radius 3 is 2.81 bits per heavy atom. The van der Waals surface area contributed by atoms with E-state index in [-0.39, 0.29) is 10.6 Å². The molecule has 0 radical (unpaired) electrons. The highest BCUT2D eigenvalue weighted by Gasteiger charge is 2.34. The van der Waals surface area contributed by atoms with Crippen molar-refractivity contribution in [1.82, 2.24) is 9.62 Å². The van der Waals surface area contributed by atoms with Gasteiger partial charge in [-0.15, -0.1) is 0 Å². The molecule has 0 spiro atoms. The van der Waals surface area contributed by atoms with Gasteiger partial charge in [-0.25, -0.2) is 13.1 Å². The number of nitrogen functional groups attached to an aromatic ring is 1. The fourth-order valence-corrected chi connectivity index (χ4v) is 4.35. The quantitative estimate of drug-likeness (QED) is 0.806. The zero-order valence-electron chi connectivity index (χ0n) is 11.8. The van der Waals surface area contributed by atoms with Gasteiger partial charge >= 0.3 is 0 Å². The molecule has 1 aromatic carbocycles. The van der Waals surface area contributed by atoms with Gasteiger partial charge in [0.25, 0.3) is 0 Å². The summed E-state index contributed by atoms with van der Waals surface area (Å²) in [6.45, 7) is 2.52. The number of likely N-dealkylation sites (tertiary alicyclic amines) is 1. The number of rotatable bonds is 5. The lowest BCUT2D eigenvalue weighted by Gasteiger charge is -2.15. The van der Waals surface area contributed by atoms with E-state index in [1.54, 1.807) is 6.07 Å². The fourth-order valence-electron chi connectivity index (χ4n) is 2.85. The maximum atomic E-state index is 12.3. The van der Waals surface area contributed by atoms with E-state index in [1.165, 1.54) is 25.0 Å². The average Bonchev–Trinajstić information content (AvgIpc) is 3.18. The van der Waals surface area contributed by atoms with Crippen LogP contribution in [0.3, 0.4) is 0 Å². The van der Waals surface area contributed by atoms with Gasteiger partial charge < -0.3 is 10.6 Å². The molecule has 1 unspecified atom stereocenters. The standard InChI is InChI=1S/C14H20ClN3O2S/c15-11-1-4-13(16)14(7-11)21(19,20)17-8-10-5-6-18(9-10)12-2-3-12/h1,4,7,10,12,17H,2-3,5-6,8-9,16H2. The zero-order chi connectivity index (χ0) is 15.0. The van der Waals surface area contributed by atoms with Crippen LogP contribution in [0.15, 0.2) is 23.1 Å². The molecule has 3 rings (SSSR count). The number of anilines is 1. The molecule has 0 aromatic heterocycles. The summed E-state index contributed by atoms with van der Waals surface area (Å²) in [4.78, 5) is 2.53. The van der Waals surface area contributed by atoms with Crippen LogP contribution in [0, 0.1) is 5.92 Å². The molecular weight excluding hydrogens is 310 g/mol. The molecule has 1 aromatic rings. The molecule has 1 aliphatic heterocycles. The van der Waals surface area contributed by atoms with Crippen LogP contribution in [0.4, 0.5) is 5.69 Å². The Labute approximate surface area is 130 Å². The smallest absolute Gasteiger partial charge is 0.242 e. The number of halogens is 1. The second-order valence-electron chi connectivity index (χ2n) is 5.91. The molecular formula is C14H20ClN3O2S. The number of nitrogens with two attached hydrogens (primary N) is 1. The van der Waals surface area contributed by atoms with Gasteiger partial charge in [-0.2, -0.15) is 0 Å². The van der Waals surface area contributed by atoms with Gasteiger partial charge in [-0.3, -0.25) is 0 Å². The number of benzene rings is 1. The lowest BCUT2D eigenvalue weighted by molar-refractivity contribution is 0.314. The van der Waals surface area contributed by atoms with Gasteiger partial charge in [0.1, 0.15) is 4.90 Å². The third-order valence-electron chi connectivity index (χ3n) is 4.21. The minimum Gasteiger partial charge on any atom is -0.398 e. The zero-order valence-corrected chi connectivity index (χ0v) is 13.3. The van der Waals surface area contributed by atoms with Crippen molar-refractivity contribution in [3.63, 3.8) is 0 Å². The molecule has 2 aliphatic rings. The van der Waals surface area contributed by atoms with Crippen molar-refractivity contribution in [3.8, 4) is 0 Å². The predicted molar refractivity (Wildman–Crippen MR) is 83.8 cm³/mol. The molecule has 1 aliphatic carbocycles. The second-order valence-corrected chi connectivity index (χ2v) is 8.09. The highest BCUT2D eigenvalue weighted by molar-refractivity contribution is 7.89. The van der Waals surface area contributed by atoms with Crippen LogP contribution in [-0.4, -0.2) is 39.0 Å². The number of hydrogen-bond acceptors (Lipinski definition) is 4. The Balaban J connectivity index is 1.62. The van der Waals surface area contributed by atoms with Crippen molar-refractivity contribution < 1.29 is 8.42 Å². The van der Waals surface area contributed by atoms with Crippen molar-refractivity contribution in [2.24, 2.45) is 5.92 Å². The van der Waals surface area contributed by atoms with Crippen molar-refractivity contribution in [3.05, 3.63) is 23.2 Å². The molecule has 21 heavy (non-hydrogen) atoms. The van der Waals surface area contributed by atoms with Crippen LogP contribution in [0.2, 0.25) is 5.02 Å². The second kappa shape index (κ2) is 5.76. The van der Waals surface area contributed by atoms with E-state index in [9.17, 15) is 8.42 Å². The molecule has 1 atom stereocenters. The van der Waals surface area contributed by atoms with Crippen molar-refractivity contribution in [2.75, 3.05) is 25.4 Å². The number of sulfonamides is 1. The Hall–Kier alpha value is -0.820. The van der Waals surface area contributed by atoms with E-state index < -0.39 is 10.0 Å². The predicted octanol–water partition coefficient (Wildman–Crippen LogP) is 1.68. The third kappa shape index (κ3) is 3.51. The van der Waals surface area contributed by atoms with Crippen molar-refractivity contribution in [1.29, 1.82) is 0 Å². The summed E-state index contributed by atoms with van der Waals surface area (Å²) >= 11 is 5.86. The minimum absolute atomic E-state index is 0.0621. The van der Waals surface area contributed by atoms with E-state index in [4.69, 9.17) is 17.3 Å². The average molecular weight is 330 g/mol. The first-order chi connectivity index (χ1) is 9.95. The summed E-state index contributed by atoms with van der Waals surface area (Å²) in [6, 6.07) is 5.24. The van der Waals surface area contributed by atoms with Crippen molar-refractivity contribution >= 4 is 27.3 Å². The molecule has 3 N–H and O–H groups in total. The molecule has 1 saturated carbocycles. The number of nitrogens with zero attached hydrogens (tertiary/aromatic N) is 1. The minimum atomic E-state index is -3.60. The summed E-state index contributed by atoms with van der Waals surface area (Å²) < 4.78 is 27.3. The first-order valence-corrected chi connectivity index (χ1v) is 9.10. The maximum Gasteiger partial charge on any atom is 0.242 e. The van der Waals surface area contributed by atoms with Crippen molar-refractivity contribution in [2.45, 2.75) is 30.2 Å². The Bertz CT molecular complexity index is 631. The summed E-state index contributed by atoms with van der Waals surface area (Å²) in [5.41, 5.74) is 5.96. The topological polar surface area (TPSA) is 75.4 Å². The number of nitrogens with one attached hydrogen (secondary N) is 1. The molecule has 116 valence electrons. The Morgan fingerprint density at radius 2 is 2.10 bits per heavy atom. The van der Waals surface area contributed by atoms with Crippen LogP contribution < -0.4 is 10.5 Å². The molecule has 0 bridgehead atoms. The molecule has 1 saturated heterocycles. The Kier molecular flexibility index (Phi) is 4.14. The van der Waals surface area contributed by atoms with Crippen LogP contribution in [0.1, 0.15) is 19.3 Å². The molecule has 5 nitrogen and oxygen atoms in total. The third-order valence-corrected chi connectivity index (χ3v) is 5.92. The lowest BCUT2D eigenvalue weighted by atomic mass is 10.1. The van der Waals surface area contributed by atoms with Gasteiger partial charge in [0.05, 0.1) is 5.69 Å². The van der Waals surface area contributed by atoms with E-state index in [0.717, 1.165) is 25.6 Å². The summed E-state index contributed by atoms with van der Waals surface area (Å²) in [5, 5.41) is 0.366. The van der Waals surface area contributed by atoms with Crippen LogP contribution >= 0.6 is 11.6 Å². The fraction of sp³-hybridized carbons (Fsp3) is 0.571. The molecule has 2 fully saturated rings. The number of hydrogen-bond donors (Lipinski definition) is 2. The lowest BCUT2D eigenvalue weighted by Crippen LogP contribution is -2.32. The van der Waals surface area contributed by atoms with E-state index in [2.05, 4.69) is 9.62 Å². The van der Waals surface area contributed by atoms with E-state index in [0.29, 0.717) is 17.5 Å². The van der Waals surface area contributed by atoms with E-state index in [1.807, 2.05) is 0 Å². The van der Waals surface area contributed by atoms with Crippen LogP contribution in [-0.2, 0) is 10.0 Å². The monoisotopic (exact) mass is 329 g/mol. The van der Waals surface area contributed by atoms with Gasteiger partial charge in [0.15, 0.2) is 0 Å². The van der Waals surface area contributed by atoms with Gasteiger partial charge in [-0.05, 0) is 49.9 Å². The first kappa shape index (κ1) is 15.1. The molecule has 0 amide bonds. The van der Waals surface area contributed by atoms with E-state index >= 15 is 0 Å². The summed E-state index contributed by atoms with van der Waals surface area (Å²) in [5.74, 6) is 0.376. The normalized spacial score (nSPS) is 23.6. The molecule has 7 heteroatoms. The molecule has 1 heterocycles. The highest BCUT2D eigenvalue weighted by atomic mass is 35.5. The van der Waals surface area contributed by atoms with Gasteiger partial charge in [-0.1, -0.05) is 11.6 Å². The highest BCUT2D eigenvalue weighted by Crippen LogP contribution is 2.31. The summed E-state index contributed by atoms with van der Waals surface area (Å²) in [6.07, 6.45) is 3.62. The van der Waals surface area contributed by atoms with Crippen LogP contribution in [0.25, 0.3) is 0 Å². The van der Waals surface area contributed by atoms with Crippen LogP contribution in [0.5, 0.6) is 0 Å². The SMILES string of the molecule is Nc1ccc(Cl)cc1S(=O)(=O)NCC1CCN(C2CC2)C1. The maximum absolute atomic E-state index is 12.3.